The van der Waals surface area contributed by atoms with E-state index in [-0.39, 0.29) is 19.1 Å². The first kappa shape index (κ1) is 59.7. The summed E-state index contributed by atoms with van der Waals surface area (Å²) in [4.78, 5) is 25.3. The molecule has 9 heteroatoms. The second-order valence-electron chi connectivity index (χ2n) is 17.8. The van der Waals surface area contributed by atoms with Crippen LogP contribution in [0.2, 0.25) is 0 Å². The maximum absolute atomic E-state index is 12.8. The number of rotatable bonds is 44. The molecule has 0 aromatic heterocycles. The molecule has 0 aliphatic rings. The Bertz CT molecular complexity index is 1280. The zero-order valence-electron chi connectivity index (χ0n) is 40.5. The number of hydrogen-bond donors (Lipinski definition) is 2. The van der Waals surface area contributed by atoms with Crippen LogP contribution in [0.5, 0.6) is 0 Å². The summed E-state index contributed by atoms with van der Waals surface area (Å²) in [6.07, 6.45) is 60.6. The number of nitrogens with zero attached hydrogens (tertiary/aromatic N) is 1. The van der Waals surface area contributed by atoms with Crippen LogP contribution in [0, 0.1) is 0 Å². The van der Waals surface area contributed by atoms with Crippen LogP contribution in [0.25, 0.3) is 0 Å². The van der Waals surface area contributed by atoms with Crippen molar-refractivity contribution < 1.29 is 32.9 Å². The standard InChI is InChI=1S/C53H95N2O6P/c1-6-8-10-12-14-15-16-17-18-19-20-21-22-23-24-25-26-27-28-29-30-31-32-33-34-35-36-37-38-39-41-43-45-47-53(57)54-51(52(56)46-44-42-40-13-11-9-7-2)50-61-62(58,59)60-49-48-55(3,4)5/h8,10,14-15,17-18,20-21,23-24,26-27,29-30,51-52,56H,6-7,9,11-13,16,19,22,25,28,31-50H2,1-5H3,(H-,54,57,58,59)/b10-8-,15-14-,18-17-,21-20-,24-23-,27-26-,30-29-. The fraction of sp³-hybridized carbons (Fsp3) is 0.717. The van der Waals surface area contributed by atoms with E-state index in [2.05, 4.69) is 104 Å². The highest BCUT2D eigenvalue weighted by Crippen LogP contribution is 2.38. The van der Waals surface area contributed by atoms with Crippen molar-refractivity contribution in [1.29, 1.82) is 0 Å². The number of phosphoric acid groups is 1. The van der Waals surface area contributed by atoms with E-state index in [0.29, 0.717) is 23.9 Å². The van der Waals surface area contributed by atoms with Gasteiger partial charge in [-0.2, -0.15) is 0 Å². The van der Waals surface area contributed by atoms with Gasteiger partial charge in [0.05, 0.1) is 39.9 Å². The molecule has 8 nitrogen and oxygen atoms in total. The Hall–Kier alpha value is -2.32. The minimum Gasteiger partial charge on any atom is -0.756 e. The smallest absolute Gasteiger partial charge is 0.268 e. The van der Waals surface area contributed by atoms with E-state index in [1.165, 1.54) is 83.5 Å². The molecule has 3 unspecified atom stereocenters. The van der Waals surface area contributed by atoms with Crippen LogP contribution in [0.4, 0.5) is 0 Å². The van der Waals surface area contributed by atoms with Crippen molar-refractivity contribution in [2.45, 2.75) is 206 Å². The molecule has 0 saturated carbocycles. The van der Waals surface area contributed by atoms with Crippen molar-refractivity contribution >= 4 is 13.7 Å². The zero-order valence-corrected chi connectivity index (χ0v) is 41.4. The monoisotopic (exact) mass is 887 g/mol. The SMILES string of the molecule is CC/C=C\C/C=C\C/C=C\C/C=C\C/C=C\C/C=C\C/C=C\CCCCCCCCCCCCCC(=O)NC(COP(=O)([O-])OCC[N+](C)(C)C)C(O)CCCCCCCCC. The molecule has 0 rings (SSSR count). The molecule has 1 amide bonds. The number of amides is 1. The molecule has 62 heavy (non-hydrogen) atoms. The van der Waals surface area contributed by atoms with Gasteiger partial charge in [-0.25, -0.2) is 0 Å². The lowest BCUT2D eigenvalue weighted by Crippen LogP contribution is -2.46. The molecule has 0 aromatic rings. The molecular formula is C53H95N2O6P. The van der Waals surface area contributed by atoms with Crippen molar-refractivity contribution in [2.75, 3.05) is 40.9 Å². The van der Waals surface area contributed by atoms with Gasteiger partial charge >= 0.3 is 0 Å². The first-order chi connectivity index (χ1) is 30.0. The van der Waals surface area contributed by atoms with Crippen LogP contribution in [0.15, 0.2) is 85.1 Å². The number of nitrogens with one attached hydrogen (secondary N) is 1. The minimum absolute atomic E-state index is 0.00757. The molecular weight excluding hydrogens is 792 g/mol. The summed E-state index contributed by atoms with van der Waals surface area (Å²) < 4.78 is 23.2. The summed E-state index contributed by atoms with van der Waals surface area (Å²) in [6.45, 7) is 4.53. The van der Waals surface area contributed by atoms with E-state index >= 15 is 0 Å². The molecule has 0 fully saturated rings. The van der Waals surface area contributed by atoms with Crippen LogP contribution in [0.1, 0.15) is 194 Å². The van der Waals surface area contributed by atoms with E-state index < -0.39 is 20.0 Å². The molecule has 0 heterocycles. The molecule has 0 aromatic carbocycles. The number of allylic oxidation sites excluding steroid dienone is 14. The predicted molar refractivity (Wildman–Crippen MR) is 265 cm³/mol. The largest absolute Gasteiger partial charge is 0.756 e. The summed E-state index contributed by atoms with van der Waals surface area (Å²) in [7, 11) is 1.29. The van der Waals surface area contributed by atoms with E-state index in [4.69, 9.17) is 9.05 Å². The molecule has 0 saturated heterocycles. The summed E-state index contributed by atoms with van der Waals surface area (Å²) in [5.74, 6) is -0.177. The van der Waals surface area contributed by atoms with Crippen molar-refractivity contribution in [3.63, 3.8) is 0 Å². The van der Waals surface area contributed by atoms with Gasteiger partial charge in [0.2, 0.25) is 5.91 Å². The van der Waals surface area contributed by atoms with E-state index in [9.17, 15) is 19.4 Å². The summed E-state index contributed by atoms with van der Waals surface area (Å²) in [5.41, 5.74) is 0. The summed E-state index contributed by atoms with van der Waals surface area (Å²) in [5, 5.41) is 13.8. The second kappa shape index (κ2) is 43.9. The Morgan fingerprint density at radius 2 is 0.984 bits per heavy atom. The number of aliphatic hydroxyl groups excluding tert-OH is 1. The van der Waals surface area contributed by atoms with E-state index in [1.54, 1.807) is 0 Å². The van der Waals surface area contributed by atoms with Gasteiger partial charge in [-0.3, -0.25) is 9.36 Å². The van der Waals surface area contributed by atoms with Crippen molar-refractivity contribution in [2.24, 2.45) is 0 Å². The second-order valence-corrected chi connectivity index (χ2v) is 19.2. The number of unbranched alkanes of at least 4 members (excludes halogenated alkanes) is 17. The van der Waals surface area contributed by atoms with Gasteiger partial charge in [0.25, 0.3) is 7.82 Å². The molecule has 0 aliphatic carbocycles. The number of carbonyl (C=O) groups is 1. The number of aliphatic hydroxyl groups is 1. The zero-order chi connectivity index (χ0) is 45.7. The average molecular weight is 887 g/mol. The van der Waals surface area contributed by atoms with Gasteiger partial charge in [-0.1, -0.05) is 202 Å². The highest BCUT2D eigenvalue weighted by Gasteiger charge is 2.24. The van der Waals surface area contributed by atoms with Crippen LogP contribution in [-0.4, -0.2) is 68.5 Å². The Balaban J connectivity index is 4.00. The lowest BCUT2D eigenvalue weighted by Gasteiger charge is -2.30. The fourth-order valence-corrected chi connectivity index (χ4v) is 7.45. The quantitative estimate of drug-likeness (QED) is 0.0273. The van der Waals surface area contributed by atoms with Crippen molar-refractivity contribution in [3.05, 3.63) is 85.1 Å². The summed E-state index contributed by atoms with van der Waals surface area (Å²) >= 11 is 0. The maximum atomic E-state index is 12.8. The van der Waals surface area contributed by atoms with Gasteiger partial charge < -0.3 is 28.8 Å². The van der Waals surface area contributed by atoms with Crippen molar-refractivity contribution in [1.82, 2.24) is 5.32 Å². The molecule has 0 spiro atoms. The predicted octanol–water partition coefficient (Wildman–Crippen LogP) is 13.9. The molecule has 0 aliphatic heterocycles. The first-order valence-electron chi connectivity index (χ1n) is 24.9. The Morgan fingerprint density at radius 3 is 1.44 bits per heavy atom. The Morgan fingerprint density at radius 1 is 0.581 bits per heavy atom. The highest BCUT2D eigenvalue weighted by atomic mass is 31.2. The van der Waals surface area contributed by atoms with Gasteiger partial charge in [0, 0.05) is 6.42 Å². The number of phosphoric ester groups is 1. The molecule has 2 N–H and O–H groups in total. The maximum Gasteiger partial charge on any atom is 0.268 e. The van der Waals surface area contributed by atoms with Gasteiger partial charge in [-0.15, -0.1) is 0 Å². The number of carbonyl (C=O) groups excluding carboxylic acids is 1. The number of likely N-dealkylation sites (N-methyl/N-ethyl adjacent to an activating group) is 1. The molecule has 0 bridgehead atoms. The van der Waals surface area contributed by atoms with Crippen LogP contribution in [-0.2, 0) is 18.4 Å². The molecule has 358 valence electrons. The Labute approximate surface area is 382 Å². The summed E-state index contributed by atoms with van der Waals surface area (Å²) in [6, 6.07) is -0.803. The van der Waals surface area contributed by atoms with Crippen LogP contribution < -0.4 is 10.2 Å². The fourth-order valence-electron chi connectivity index (χ4n) is 6.72. The first-order valence-corrected chi connectivity index (χ1v) is 26.4. The lowest BCUT2D eigenvalue weighted by atomic mass is 10.0. The van der Waals surface area contributed by atoms with Gasteiger partial charge in [0.1, 0.15) is 13.2 Å². The highest BCUT2D eigenvalue weighted by molar-refractivity contribution is 7.45. The van der Waals surface area contributed by atoms with E-state index in [1.807, 2.05) is 21.1 Å². The number of quaternary nitrogens is 1. The average Bonchev–Trinajstić information content (AvgIpc) is 3.23. The van der Waals surface area contributed by atoms with Gasteiger partial charge in [-0.05, 0) is 70.6 Å². The molecule has 0 radical (unpaired) electrons. The third kappa shape index (κ3) is 45.7. The molecule has 3 atom stereocenters. The van der Waals surface area contributed by atoms with Crippen LogP contribution >= 0.6 is 7.82 Å². The normalized spacial score (nSPS) is 14.9. The minimum atomic E-state index is -4.56. The number of hydrogen-bond acceptors (Lipinski definition) is 6. The third-order valence-electron chi connectivity index (χ3n) is 10.6. The lowest BCUT2D eigenvalue weighted by molar-refractivity contribution is -0.870. The topological polar surface area (TPSA) is 108 Å². The van der Waals surface area contributed by atoms with Crippen LogP contribution in [0.3, 0.4) is 0 Å². The van der Waals surface area contributed by atoms with Crippen molar-refractivity contribution in [3.8, 4) is 0 Å². The Kier molecular flexibility index (Phi) is 42.3. The van der Waals surface area contributed by atoms with Gasteiger partial charge in [0.15, 0.2) is 0 Å². The van der Waals surface area contributed by atoms with E-state index in [0.717, 1.165) is 83.5 Å². The third-order valence-corrected chi connectivity index (χ3v) is 11.6.